The molecule has 0 spiro atoms. The number of hydrogen-bond donors (Lipinski definition) is 2. The van der Waals surface area contributed by atoms with Gasteiger partial charge in [0.15, 0.2) is 0 Å². The quantitative estimate of drug-likeness (QED) is 0.547. The molecule has 1 aliphatic heterocycles. The third kappa shape index (κ3) is 5.42. The zero-order valence-corrected chi connectivity index (χ0v) is 23.2. The van der Waals surface area contributed by atoms with E-state index in [2.05, 4.69) is 67.5 Å². The molecule has 2 heterocycles. The van der Waals surface area contributed by atoms with Crippen molar-refractivity contribution in [1.82, 2.24) is 4.98 Å². The monoisotopic (exact) mass is 479 g/mol. The summed E-state index contributed by atoms with van der Waals surface area (Å²) in [6.45, 7) is 6.64. The smallest absolute Gasteiger partial charge is 1.00 e. The van der Waals surface area contributed by atoms with E-state index < -0.39 is 12.0 Å². The van der Waals surface area contributed by atoms with Crippen LogP contribution in [0.15, 0.2) is 60.8 Å². The summed E-state index contributed by atoms with van der Waals surface area (Å²) in [7, 11) is 0. The number of pyridine rings is 1. The molecule has 1 atom stereocenters. The van der Waals surface area contributed by atoms with Crippen molar-refractivity contribution >= 4 is 23.2 Å². The molecule has 2 aliphatic rings. The van der Waals surface area contributed by atoms with Gasteiger partial charge in [-0.25, -0.2) is 9.78 Å². The molecular formula is C29H34N3NaO2. The summed E-state index contributed by atoms with van der Waals surface area (Å²) in [6, 6.07) is 18.7. The van der Waals surface area contributed by atoms with Gasteiger partial charge in [0.2, 0.25) is 0 Å². The van der Waals surface area contributed by atoms with E-state index in [4.69, 9.17) is 0 Å². The van der Waals surface area contributed by atoms with Gasteiger partial charge in [0.05, 0.1) is 11.9 Å². The Bertz CT molecular complexity index is 1190. The van der Waals surface area contributed by atoms with Crippen molar-refractivity contribution < 1.29 is 40.9 Å². The number of aromatic nitrogens is 1. The Hall–Kier alpha value is -2.34. The molecular weight excluding hydrogens is 445 g/mol. The molecule has 0 amide bonds. The van der Waals surface area contributed by atoms with Crippen molar-refractivity contribution in [3.05, 3.63) is 71.9 Å². The average Bonchev–Trinajstić information content (AvgIpc) is 3.46. The summed E-state index contributed by atoms with van der Waals surface area (Å²) in [5, 5.41) is 13.5. The maximum absolute atomic E-state index is 12.2. The Balaban J connectivity index is 0.00000180. The minimum Gasteiger partial charge on any atom is -1.00 e. The second kappa shape index (κ2) is 10.3. The van der Waals surface area contributed by atoms with E-state index in [0.717, 1.165) is 28.1 Å². The van der Waals surface area contributed by atoms with Gasteiger partial charge in [-0.15, -0.1) is 0 Å². The number of nitrogens with one attached hydrogen (secondary N) is 1. The van der Waals surface area contributed by atoms with Crippen molar-refractivity contribution in [3.63, 3.8) is 0 Å². The molecule has 0 radical (unpaired) electrons. The van der Waals surface area contributed by atoms with Crippen LogP contribution in [0.25, 0.3) is 11.1 Å². The van der Waals surface area contributed by atoms with E-state index in [9.17, 15) is 9.90 Å². The first-order valence-corrected chi connectivity index (χ1v) is 12.3. The summed E-state index contributed by atoms with van der Waals surface area (Å²) in [5.41, 5.74) is 6.62. The van der Waals surface area contributed by atoms with Gasteiger partial charge in [-0.05, 0) is 64.8 Å². The van der Waals surface area contributed by atoms with Crippen LogP contribution >= 0.6 is 0 Å². The number of nitrogens with zero attached hydrogens (tertiary/aromatic N) is 2. The number of carbonyl (C=O) groups is 1. The van der Waals surface area contributed by atoms with E-state index in [1.54, 1.807) is 0 Å². The first kappa shape index (κ1) is 25.7. The number of carboxylic acids is 1. The Morgan fingerprint density at radius 1 is 1.03 bits per heavy atom. The molecule has 35 heavy (non-hydrogen) atoms. The third-order valence-electron chi connectivity index (χ3n) is 7.15. The van der Waals surface area contributed by atoms with Crippen molar-refractivity contribution in [2.45, 2.75) is 70.4 Å². The van der Waals surface area contributed by atoms with Crippen LogP contribution in [-0.4, -0.2) is 28.1 Å². The average molecular weight is 480 g/mol. The molecule has 178 valence electrons. The summed E-state index contributed by atoms with van der Waals surface area (Å²) in [5.74, 6) is -0.160. The SMILES string of the molecule is CC(C)(C)c1ccc(-c2ccc3c(c2)CC(C(=O)O)N3c2ccc(NC3CCCC3)cn2)cc1.[H-].[Na+]. The van der Waals surface area contributed by atoms with Crippen LogP contribution in [0.5, 0.6) is 0 Å². The number of benzene rings is 2. The molecule has 0 saturated heterocycles. The van der Waals surface area contributed by atoms with Gasteiger partial charge in [0.1, 0.15) is 11.9 Å². The molecule has 6 heteroatoms. The maximum Gasteiger partial charge on any atom is 1.00 e. The number of hydrogen-bond acceptors (Lipinski definition) is 4. The summed E-state index contributed by atoms with van der Waals surface area (Å²) < 4.78 is 0. The van der Waals surface area contributed by atoms with Gasteiger partial charge in [-0.1, -0.05) is 63.9 Å². The van der Waals surface area contributed by atoms with E-state index >= 15 is 0 Å². The van der Waals surface area contributed by atoms with E-state index in [0.29, 0.717) is 18.3 Å². The zero-order valence-electron chi connectivity index (χ0n) is 22.2. The Morgan fingerprint density at radius 3 is 2.31 bits per heavy atom. The first-order valence-electron chi connectivity index (χ1n) is 12.3. The van der Waals surface area contributed by atoms with Crippen LogP contribution < -0.4 is 39.8 Å². The molecule has 1 fully saturated rings. The van der Waals surface area contributed by atoms with Crippen molar-refractivity contribution in [3.8, 4) is 11.1 Å². The number of carboxylic acid groups (broad SMARTS) is 1. The molecule has 5 rings (SSSR count). The molecule has 2 aromatic carbocycles. The number of aliphatic carboxylic acids is 1. The van der Waals surface area contributed by atoms with Crippen molar-refractivity contribution in [2.75, 3.05) is 10.2 Å². The maximum atomic E-state index is 12.2. The predicted octanol–water partition coefficient (Wildman–Crippen LogP) is 3.66. The van der Waals surface area contributed by atoms with Gasteiger partial charge in [0, 0.05) is 18.2 Å². The van der Waals surface area contributed by atoms with Crippen LogP contribution in [0.1, 0.15) is 59.0 Å². The molecule has 3 aromatic rings. The minimum absolute atomic E-state index is 0. The Morgan fingerprint density at radius 2 is 1.71 bits per heavy atom. The Labute approximate surface area is 231 Å². The number of rotatable bonds is 5. The third-order valence-corrected chi connectivity index (χ3v) is 7.15. The van der Waals surface area contributed by atoms with Crippen LogP contribution in [0.4, 0.5) is 17.2 Å². The fraction of sp³-hybridized carbons (Fsp3) is 0.379. The Kier molecular flexibility index (Phi) is 7.60. The van der Waals surface area contributed by atoms with Gasteiger partial charge in [-0.2, -0.15) is 0 Å². The van der Waals surface area contributed by atoms with Gasteiger partial charge in [0.25, 0.3) is 0 Å². The summed E-state index contributed by atoms with van der Waals surface area (Å²) in [6.07, 6.45) is 7.23. The fourth-order valence-electron chi connectivity index (χ4n) is 5.19. The van der Waals surface area contributed by atoms with E-state index in [1.807, 2.05) is 29.3 Å². The molecule has 1 saturated carbocycles. The van der Waals surface area contributed by atoms with Crippen LogP contribution in [-0.2, 0) is 16.6 Å². The molecule has 0 bridgehead atoms. The van der Waals surface area contributed by atoms with E-state index in [-0.39, 0.29) is 36.4 Å². The normalized spacial score (nSPS) is 17.7. The van der Waals surface area contributed by atoms with Crippen molar-refractivity contribution in [2.24, 2.45) is 0 Å². The topological polar surface area (TPSA) is 65.5 Å². The molecule has 1 unspecified atom stereocenters. The molecule has 2 N–H and O–H groups in total. The van der Waals surface area contributed by atoms with Gasteiger partial charge < -0.3 is 16.7 Å². The van der Waals surface area contributed by atoms with E-state index in [1.165, 1.54) is 31.2 Å². The van der Waals surface area contributed by atoms with Gasteiger partial charge >= 0.3 is 35.5 Å². The summed E-state index contributed by atoms with van der Waals surface area (Å²) in [4.78, 5) is 18.7. The molecule has 1 aromatic heterocycles. The fourth-order valence-corrected chi connectivity index (χ4v) is 5.19. The van der Waals surface area contributed by atoms with Crippen LogP contribution in [0.2, 0.25) is 0 Å². The standard InChI is InChI=1S/C29H33N3O2.Na.H/c1-29(2,3)22-11-8-19(9-12-22)20-10-14-25-21(16-20)17-26(28(33)34)32(25)27-15-13-24(18-30-27)31-23-6-4-5-7-23;;/h8-16,18,23,26,31H,4-7,17H2,1-3H3,(H,33,34);;/q;+1;-1. The van der Waals surface area contributed by atoms with Crippen molar-refractivity contribution in [1.29, 1.82) is 0 Å². The minimum atomic E-state index is -0.831. The molecule has 5 nitrogen and oxygen atoms in total. The zero-order chi connectivity index (χ0) is 23.9. The second-order valence-electron chi connectivity index (χ2n) is 10.6. The molecule has 1 aliphatic carbocycles. The summed E-state index contributed by atoms with van der Waals surface area (Å²) >= 11 is 0. The largest absolute Gasteiger partial charge is 1.00 e. The van der Waals surface area contributed by atoms with Crippen LogP contribution in [0, 0.1) is 0 Å². The first-order chi connectivity index (χ1) is 16.3. The number of anilines is 3. The van der Waals surface area contributed by atoms with Gasteiger partial charge in [-0.3, -0.25) is 0 Å². The number of fused-ring (bicyclic) bond motifs is 1. The van der Waals surface area contributed by atoms with Crippen LogP contribution in [0.3, 0.4) is 0 Å². The predicted molar refractivity (Wildman–Crippen MR) is 139 cm³/mol. The second-order valence-corrected chi connectivity index (χ2v) is 10.6.